The lowest BCUT2D eigenvalue weighted by Gasteiger charge is -2.27. The number of aliphatic hydroxyl groups excluding tert-OH is 2. The molecule has 1 saturated carbocycles. The third kappa shape index (κ3) is 3.19. The van der Waals surface area contributed by atoms with Crippen LogP contribution in [0.3, 0.4) is 0 Å². The van der Waals surface area contributed by atoms with Gasteiger partial charge in [0.2, 0.25) is 0 Å². The predicted octanol–water partition coefficient (Wildman–Crippen LogP) is 4.37. The van der Waals surface area contributed by atoms with E-state index in [9.17, 15) is 10.2 Å². The zero-order chi connectivity index (χ0) is 22.9. The summed E-state index contributed by atoms with van der Waals surface area (Å²) in [5.74, 6) is 0.512. The zero-order valence-electron chi connectivity index (χ0n) is 17.4. The lowest BCUT2D eigenvalue weighted by atomic mass is 9.80. The standard InChI is InChI=1S/C24H21BrClN5O2/c25-16-7-13-2-1-12(8-17(13)30-21(16)26)14-3-5-24(9-14)10-18(19(32)20(24)33)31-6-4-15-22(27)28-11-29-23(15)31/h1-8,11,14,18-20,32-33H,9-10H2,(H2,27,28,29)/t14-,18-,19+,20+,24+/m1/s1. The SMILES string of the molecule is Nc1ncnc2c1ccn2[C@@H]1C[C@@]2(C=C[C@@H](c3ccc4cc(Br)c(Cl)nc4c3)C2)[C@@H](O)[C@H]1O. The minimum Gasteiger partial charge on any atom is -0.389 e. The van der Waals surface area contributed by atoms with E-state index in [4.69, 9.17) is 17.3 Å². The molecule has 6 rings (SSSR count). The number of benzene rings is 1. The molecule has 2 aliphatic carbocycles. The highest BCUT2D eigenvalue weighted by molar-refractivity contribution is 9.10. The number of nitrogens with two attached hydrogens (primary N) is 1. The Balaban J connectivity index is 1.31. The van der Waals surface area contributed by atoms with E-state index in [0.29, 0.717) is 29.5 Å². The van der Waals surface area contributed by atoms with Crippen molar-refractivity contribution in [1.29, 1.82) is 0 Å². The number of rotatable bonds is 2. The van der Waals surface area contributed by atoms with Crippen molar-refractivity contribution in [1.82, 2.24) is 19.5 Å². The highest BCUT2D eigenvalue weighted by atomic mass is 79.9. The van der Waals surface area contributed by atoms with Crippen LogP contribution in [0.5, 0.6) is 0 Å². The second-order valence-corrected chi connectivity index (χ2v) is 10.3. The number of fused-ring (bicyclic) bond motifs is 2. The summed E-state index contributed by atoms with van der Waals surface area (Å²) in [4.78, 5) is 12.9. The van der Waals surface area contributed by atoms with Crippen LogP contribution in [0.4, 0.5) is 5.82 Å². The molecule has 2 aliphatic rings. The number of anilines is 1. The molecular formula is C24H21BrClN5O2. The van der Waals surface area contributed by atoms with Gasteiger partial charge in [0, 0.05) is 22.9 Å². The van der Waals surface area contributed by atoms with E-state index in [1.54, 1.807) is 0 Å². The monoisotopic (exact) mass is 525 g/mol. The Morgan fingerprint density at radius 1 is 1.15 bits per heavy atom. The number of hydrogen-bond acceptors (Lipinski definition) is 6. The van der Waals surface area contributed by atoms with E-state index in [1.165, 1.54) is 6.33 Å². The Labute approximate surface area is 203 Å². The first-order valence-electron chi connectivity index (χ1n) is 10.7. The van der Waals surface area contributed by atoms with E-state index in [1.807, 2.05) is 29.0 Å². The molecule has 33 heavy (non-hydrogen) atoms. The van der Waals surface area contributed by atoms with Gasteiger partial charge in [-0.15, -0.1) is 0 Å². The number of halogens is 2. The molecular weight excluding hydrogens is 506 g/mol. The smallest absolute Gasteiger partial charge is 0.145 e. The van der Waals surface area contributed by atoms with Crippen LogP contribution in [-0.2, 0) is 0 Å². The second-order valence-electron chi connectivity index (χ2n) is 9.04. The molecule has 4 aromatic rings. The molecule has 7 nitrogen and oxygen atoms in total. The van der Waals surface area contributed by atoms with Gasteiger partial charge in [-0.25, -0.2) is 15.0 Å². The average molecular weight is 527 g/mol. The van der Waals surface area contributed by atoms with Crippen LogP contribution < -0.4 is 5.73 Å². The van der Waals surface area contributed by atoms with Crippen molar-refractivity contribution >= 4 is 55.3 Å². The van der Waals surface area contributed by atoms with E-state index in [0.717, 1.165) is 26.3 Å². The summed E-state index contributed by atoms with van der Waals surface area (Å²) in [6.45, 7) is 0. The molecule has 3 heterocycles. The largest absolute Gasteiger partial charge is 0.389 e. The molecule has 0 saturated heterocycles. The fraction of sp³-hybridized carbons (Fsp3) is 0.292. The average Bonchev–Trinajstić information content (AvgIpc) is 3.48. The third-order valence-electron chi connectivity index (χ3n) is 7.23. The Bertz CT molecular complexity index is 1440. The first-order chi connectivity index (χ1) is 15.9. The third-order valence-corrected chi connectivity index (χ3v) is 8.36. The van der Waals surface area contributed by atoms with E-state index in [2.05, 4.69) is 55.2 Å². The van der Waals surface area contributed by atoms with Gasteiger partial charge in [-0.2, -0.15) is 0 Å². The van der Waals surface area contributed by atoms with Gasteiger partial charge in [-0.1, -0.05) is 35.9 Å². The molecule has 0 radical (unpaired) electrons. The second kappa shape index (κ2) is 7.50. The Kier molecular flexibility index (Phi) is 4.78. The molecule has 0 amide bonds. The molecule has 0 aliphatic heterocycles. The van der Waals surface area contributed by atoms with Crippen LogP contribution in [0.25, 0.3) is 21.9 Å². The summed E-state index contributed by atoms with van der Waals surface area (Å²) in [5.41, 5.74) is 8.06. The molecule has 9 heteroatoms. The number of nitrogens with zero attached hydrogens (tertiary/aromatic N) is 4. The summed E-state index contributed by atoms with van der Waals surface area (Å²) in [6.07, 6.45) is 6.99. The molecule has 0 bridgehead atoms. The number of aromatic nitrogens is 4. The Hall–Kier alpha value is -2.52. The normalized spacial score (nSPS) is 29.1. The van der Waals surface area contributed by atoms with Crippen molar-refractivity contribution in [2.45, 2.75) is 37.0 Å². The van der Waals surface area contributed by atoms with Gasteiger partial charge < -0.3 is 20.5 Å². The molecule has 5 atom stereocenters. The first-order valence-corrected chi connectivity index (χ1v) is 11.9. The molecule has 1 aromatic carbocycles. The summed E-state index contributed by atoms with van der Waals surface area (Å²) in [5, 5.41) is 24.3. The van der Waals surface area contributed by atoms with Crippen molar-refractivity contribution in [2.75, 3.05) is 5.73 Å². The zero-order valence-corrected chi connectivity index (χ0v) is 19.8. The summed E-state index contributed by atoms with van der Waals surface area (Å²) < 4.78 is 2.68. The number of hydrogen-bond donors (Lipinski definition) is 3. The maximum atomic E-state index is 11.1. The quantitative estimate of drug-likeness (QED) is 0.264. The van der Waals surface area contributed by atoms with Gasteiger partial charge in [-0.05, 0) is 52.5 Å². The first kappa shape index (κ1) is 21.0. The van der Waals surface area contributed by atoms with Crippen molar-refractivity contribution in [3.63, 3.8) is 0 Å². The summed E-state index contributed by atoms with van der Waals surface area (Å²) in [7, 11) is 0. The van der Waals surface area contributed by atoms with Crippen LogP contribution >= 0.6 is 27.5 Å². The van der Waals surface area contributed by atoms with Gasteiger partial charge in [0.1, 0.15) is 29.0 Å². The van der Waals surface area contributed by atoms with E-state index in [-0.39, 0.29) is 12.0 Å². The fourth-order valence-electron chi connectivity index (χ4n) is 5.52. The van der Waals surface area contributed by atoms with E-state index >= 15 is 0 Å². The van der Waals surface area contributed by atoms with Crippen molar-refractivity contribution in [3.8, 4) is 0 Å². The van der Waals surface area contributed by atoms with Crippen LogP contribution in [-0.4, -0.2) is 41.9 Å². The minimum absolute atomic E-state index is 0.110. The van der Waals surface area contributed by atoms with E-state index < -0.39 is 17.6 Å². The van der Waals surface area contributed by atoms with Gasteiger partial charge >= 0.3 is 0 Å². The molecule has 1 spiro atoms. The number of aliphatic hydroxyl groups is 2. The summed E-state index contributed by atoms with van der Waals surface area (Å²) >= 11 is 9.62. The number of allylic oxidation sites excluding steroid dienone is 1. The van der Waals surface area contributed by atoms with Crippen molar-refractivity contribution in [3.05, 3.63) is 70.2 Å². The number of nitrogen functional groups attached to an aromatic ring is 1. The Morgan fingerprint density at radius 3 is 2.85 bits per heavy atom. The molecule has 4 N–H and O–H groups in total. The van der Waals surface area contributed by atoms with Gasteiger partial charge in [0.15, 0.2) is 0 Å². The molecule has 168 valence electrons. The molecule has 1 fully saturated rings. The molecule has 0 unspecified atom stereocenters. The minimum atomic E-state index is -0.922. The fourth-order valence-corrected chi connectivity index (χ4v) is 6.00. The van der Waals surface area contributed by atoms with Crippen molar-refractivity contribution < 1.29 is 10.2 Å². The van der Waals surface area contributed by atoms with Crippen LogP contribution in [0.1, 0.15) is 30.4 Å². The highest BCUT2D eigenvalue weighted by Crippen LogP contribution is 2.55. The number of pyridine rings is 1. The Morgan fingerprint density at radius 2 is 2.00 bits per heavy atom. The highest BCUT2D eigenvalue weighted by Gasteiger charge is 2.54. The van der Waals surface area contributed by atoms with Crippen LogP contribution in [0, 0.1) is 5.41 Å². The summed E-state index contributed by atoms with van der Waals surface area (Å²) in [6, 6.07) is 9.68. The topological polar surface area (TPSA) is 110 Å². The van der Waals surface area contributed by atoms with Gasteiger partial charge in [0.05, 0.1) is 27.5 Å². The lowest BCUT2D eigenvalue weighted by molar-refractivity contribution is -0.0129. The van der Waals surface area contributed by atoms with Crippen LogP contribution in [0.2, 0.25) is 5.15 Å². The van der Waals surface area contributed by atoms with Gasteiger partial charge in [0.25, 0.3) is 0 Å². The van der Waals surface area contributed by atoms with Gasteiger partial charge in [-0.3, -0.25) is 0 Å². The maximum Gasteiger partial charge on any atom is 0.145 e. The predicted molar refractivity (Wildman–Crippen MR) is 131 cm³/mol. The maximum absolute atomic E-state index is 11.1. The lowest BCUT2D eigenvalue weighted by Crippen LogP contribution is -2.34. The van der Waals surface area contributed by atoms with Crippen molar-refractivity contribution in [2.24, 2.45) is 5.41 Å². The van der Waals surface area contributed by atoms with Crippen LogP contribution in [0.15, 0.2) is 59.5 Å². The molecule has 3 aromatic heterocycles.